The number of carbonyl (C=O) groups excluding carboxylic acids is 1. The number of carbonyl (C=O) groups is 1. The Morgan fingerprint density at radius 3 is 2.54 bits per heavy atom. The van der Waals surface area contributed by atoms with E-state index >= 15 is 0 Å². The fourth-order valence-electron chi connectivity index (χ4n) is 2.14. The van der Waals surface area contributed by atoms with Gasteiger partial charge in [0, 0.05) is 18.3 Å². The van der Waals surface area contributed by atoms with Crippen LogP contribution in [0.1, 0.15) is 5.56 Å². The summed E-state index contributed by atoms with van der Waals surface area (Å²) >= 11 is 0. The highest BCUT2D eigenvalue weighted by Gasteiger charge is 2.14. The van der Waals surface area contributed by atoms with Crippen molar-refractivity contribution in [2.24, 2.45) is 0 Å². The maximum atomic E-state index is 12.3. The van der Waals surface area contributed by atoms with Gasteiger partial charge in [-0.25, -0.2) is 0 Å². The fourth-order valence-corrected chi connectivity index (χ4v) is 2.14. The lowest BCUT2D eigenvalue weighted by atomic mass is 10.2. The van der Waals surface area contributed by atoms with Crippen molar-refractivity contribution >= 4 is 11.6 Å². The second kappa shape index (κ2) is 6.71. The molecular formula is C17H14N6O. The van der Waals surface area contributed by atoms with E-state index in [1.807, 2.05) is 36.4 Å². The third-order valence-electron chi connectivity index (χ3n) is 3.52. The van der Waals surface area contributed by atoms with Crippen LogP contribution in [0.3, 0.4) is 0 Å². The van der Waals surface area contributed by atoms with Gasteiger partial charge in [0.2, 0.25) is 11.7 Å². The summed E-state index contributed by atoms with van der Waals surface area (Å²) in [4.78, 5) is 15.1. The van der Waals surface area contributed by atoms with E-state index in [-0.39, 0.29) is 12.5 Å². The van der Waals surface area contributed by atoms with Crippen LogP contribution in [-0.2, 0) is 11.3 Å². The first-order chi connectivity index (χ1) is 11.7. The standard InChI is InChI=1S/C17H14N6O/c1-22(15-9-7-13(11-18)8-10-15)16(24)12-23-20-17(19-21-23)14-5-3-2-4-6-14/h2-10H,12H2,1H3. The van der Waals surface area contributed by atoms with E-state index in [1.165, 1.54) is 9.70 Å². The minimum atomic E-state index is -0.184. The Morgan fingerprint density at radius 1 is 1.17 bits per heavy atom. The summed E-state index contributed by atoms with van der Waals surface area (Å²) < 4.78 is 0. The van der Waals surface area contributed by atoms with Crippen LogP contribution in [0.2, 0.25) is 0 Å². The minimum absolute atomic E-state index is 0.0175. The van der Waals surface area contributed by atoms with E-state index in [2.05, 4.69) is 15.4 Å². The van der Waals surface area contributed by atoms with Crippen molar-refractivity contribution in [3.63, 3.8) is 0 Å². The number of tetrazole rings is 1. The van der Waals surface area contributed by atoms with Crippen molar-refractivity contribution in [1.29, 1.82) is 5.26 Å². The van der Waals surface area contributed by atoms with Gasteiger partial charge >= 0.3 is 0 Å². The van der Waals surface area contributed by atoms with E-state index in [0.717, 1.165) is 5.56 Å². The maximum Gasteiger partial charge on any atom is 0.250 e. The molecular weight excluding hydrogens is 304 g/mol. The number of hydrogen-bond donors (Lipinski definition) is 0. The van der Waals surface area contributed by atoms with Crippen LogP contribution in [0.25, 0.3) is 11.4 Å². The van der Waals surface area contributed by atoms with Crippen molar-refractivity contribution in [2.75, 3.05) is 11.9 Å². The first-order valence-corrected chi connectivity index (χ1v) is 7.27. The summed E-state index contributed by atoms with van der Waals surface area (Å²) in [5, 5.41) is 20.9. The van der Waals surface area contributed by atoms with Crippen LogP contribution < -0.4 is 4.90 Å². The number of rotatable bonds is 4. The molecule has 1 amide bonds. The van der Waals surface area contributed by atoms with Crippen molar-refractivity contribution in [3.8, 4) is 17.5 Å². The zero-order valence-corrected chi connectivity index (χ0v) is 13.0. The number of amides is 1. The van der Waals surface area contributed by atoms with Crippen molar-refractivity contribution < 1.29 is 4.79 Å². The smallest absolute Gasteiger partial charge is 0.250 e. The molecule has 7 nitrogen and oxygen atoms in total. The highest BCUT2D eigenvalue weighted by atomic mass is 16.2. The summed E-state index contributed by atoms with van der Waals surface area (Å²) in [5.41, 5.74) is 2.09. The molecule has 0 radical (unpaired) electrons. The Morgan fingerprint density at radius 2 is 1.88 bits per heavy atom. The number of nitriles is 1. The predicted octanol–water partition coefficient (Wildman–Crippen LogP) is 1.87. The van der Waals surface area contributed by atoms with E-state index in [9.17, 15) is 4.79 Å². The SMILES string of the molecule is CN(C(=O)Cn1nnc(-c2ccccc2)n1)c1ccc(C#N)cc1. The molecule has 1 aromatic heterocycles. The van der Waals surface area contributed by atoms with Gasteiger partial charge in [-0.2, -0.15) is 10.1 Å². The largest absolute Gasteiger partial charge is 0.314 e. The molecule has 3 rings (SSSR count). The molecule has 118 valence electrons. The molecule has 0 spiro atoms. The van der Waals surface area contributed by atoms with Gasteiger partial charge in [0.1, 0.15) is 6.54 Å². The average molecular weight is 318 g/mol. The van der Waals surface area contributed by atoms with Gasteiger partial charge in [-0.1, -0.05) is 30.3 Å². The summed E-state index contributed by atoms with van der Waals surface area (Å²) in [7, 11) is 1.67. The summed E-state index contributed by atoms with van der Waals surface area (Å²) in [6.45, 7) is -0.0175. The van der Waals surface area contributed by atoms with E-state index in [1.54, 1.807) is 31.3 Å². The van der Waals surface area contributed by atoms with E-state index in [4.69, 9.17) is 5.26 Å². The molecule has 0 aliphatic heterocycles. The first-order valence-electron chi connectivity index (χ1n) is 7.27. The zero-order chi connectivity index (χ0) is 16.9. The molecule has 1 heterocycles. The van der Waals surface area contributed by atoms with E-state index < -0.39 is 0 Å². The normalized spacial score (nSPS) is 10.2. The quantitative estimate of drug-likeness (QED) is 0.733. The molecule has 7 heteroatoms. The number of anilines is 1. The van der Waals surface area contributed by atoms with Gasteiger partial charge in [0.05, 0.1) is 11.6 Å². The molecule has 0 aliphatic rings. The van der Waals surface area contributed by atoms with Gasteiger partial charge in [-0.05, 0) is 29.5 Å². The molecule has 0 saturated carbocycles. The molecule has 0 atom stereocenters. The van der Waals surface area contributed by atoms with Crippen LogP contribution in [0, 0.1) is 11.3 Å². The monoisotopic (exact) mass is 318 g/mol. The minimum Gasteiger partial charge on any atom is -0.314 e. The third kappa shape index (κ3) is 3.28. The second-order valence-corrected chi connectivity index (χ2v) is 5.12. The number of hydrogen-bond acceptors (Lipinski definition) is 5. The summed E-state index contributed by atoms with van der Waals surface area (Å²) in [6, 6.07) is 18.3. The predicted molar refractivity (Wildman–Crippen MR) is 87.8 cm³/mol. The molecule has 0 fully saturated rings. The molecule has 0 saturated heterocycles. The lowest BCUT2D eigenvalue weighted by Gasteiger charge is -2.16. The van der Waals surface area contributed by atoms with Gasteiger partial charge in [-0.15, -0.1) is 10.2 Å². The Balaban J connectivity index is 1.70. The molecule has 0 unspecified atom stereocenters. The topological polar surface area (TPSA) is 87.7 Å². The van der Waals surface area contributed by atoms with Gasteiger partial charge in [0.15, 0.2) is 0 Å². The van der Waals surface area contributed by atoms with Gasteiger partial charge in [-0.3, -0.25) is 4.79 Å². The Bertz CT molecular complexity index is 879. The Labute approximate surface area is 138 Å². The van der Waals surface area contributed by atoms with Crippen LogP contribution in [0.5, 0.6) is 0 Å². The van der Waals surface area contributed by atoms with Crippen LogP contribution in [0.15, 0.2) is 54.6 Å². The van der Waals surface area contributed by atoms with Crippen LogP contribution in [-0.4, -0.2) is 33.2 Å². The Hall–Kier alpha value is -3.53. The van der Waals surface area contributed by atoms with Crippen LogP contribution >= 0.6 is 0 Å². The van der Waals surface area contributed by atoms with Crippen molar-refractivity contribution in [2.45, 2.75) is 6.54 Å². The average Bonchev–Trinajstić information content (AvgIpc) is 3.10. The third-order valence-corrected chi connectivity index (χ3v) is 3.52. The Kier molecular flexibility index (Phi) is 4.29. The highest BCUT2D eigenvalue weighted by molar-refractivity contribution is 5.92. The number of nitrogens with zero attached hydrogens (tertiary/aromatic N) is 6. The lowest BCUT2D eigenvalue weighted by molar-refractivity contribution is -0.119. The zero-order valence-electron chi connectivity index (χ0n) is 13.0. The fraction of sp³-hybridized carbons (Fsp3) is 0.118. The molecule has 0 aliphatic carbocycles. The van der Waals surface area contributed by atoms with Crippen LogP contribution in [0.4, 0.5) is 5.69 Å². The number of aromatic nitrogens is 4. The lowest BCUT2D eigenvalue weighted by Crippen LogP contribution is -2.30. The highest BCUT2D eigenvalue weighted by Crippen LogP contribution is 2.15. The van der Waals surface area contributed by atoms with Gasteiger partial charge in [0.25, 0.3) is 0 Å². The maximum absolute atomic E-state index is 12.3. The van der Waals surface area contributed by atoms with Crippen molar-refractivity contribution in [3.05, 3.63) is 60.2 Å². The summed E-state index contributed by atoms with van der Waals surface area (Å²) in [5.74, 6) is 0.293. The van der Waals surface area contributed by atoms with E-state index in [0.29, 0.717) is 17.1 Å². The molecule has 0 bridgehead atoms. The molecule has 3 aromatic rings. The second-order valence-electron chi connectivity index (χ2n) is 5.12. The number of benzene rings is 2. The molecule has 24 heavy (non-hydrogen) atoms. The van der Waals surface area contributed by atoms with Gasteiger partial charge < -0.3 is 4.90 Å². The van der Waals surface area contributed by atoms with Crippen molar-refractivity contribution in [1.82, 2.24) is 20.2 Å². The molecule has 0 N–H and O–H groups in total. The summed E-state index contributed by atoms with van der Waals surface area (Å²) in [6.07, 6.45) is 0. The number of likely N-dealkylation sites (N-methyl/N-ethyl adjacent to an activating group) is 1. The first kappa shape index (κ1) is 15.4. The molecule has 2 aromatic carbocycles.